The summed E-state index contributed by atoms with van der Waals surface area (Å²) in [5.74, 6) is -0.0685. The van der Waals surface area contributed by atoms with Crippen molar-refractivity contribution >= 4 is 17.5 Å². The number of aromatic nitrogens is 1. The number of hydrogen-bond donors (Lipinski definition) is 0. The minimum Gasteiger partial charge on any atom is -0.497 e. The van der Waals surface area contributed by atoms with Crippen LogP contribution in [-0.2, 0) is 16.6 Å². The fraction of sp³-hybridized carbons (Fsp3) is 0.387. The third-order valence-electron chi connectivity index (χ3n) is 7.68. The molecule has 42 heavy (non-hydrogen) atoms. The summed E-state index contributed by atoms with van der Waals surface area (Å²) in [6, 6.07) is 14.4. The number of morpholine rings is 1. The van der Waals surface area contributed by atoms with Crippen LogP contribution in [0.3, 0.4) is 0 Å². The van der Waals surface area contributed by atoms with Gasteiger partial charge in [-0.3, -0.25) is 14.5 Å². The Morgan fingerprint density at radius 3 is 2.57 bits per heavy atom. The molecule has 3 heterocycles. The van der Waals surface area contributed by atoms with Crippen LogP contribution in [0, 0.1) is 5.82 Å². The molecule has 3 aromatic rings. The summed E-state index contributed by atoms with van der Waals surface area (Å²) in [5.41, 5.74) is 2.55. The van der Waals surface area contributed by atoms with E-state index in [0.29, 0.717) is 37.7 Å². The summed E-state index contributed by atoms with van der Waals surface area (Å²) < 4.78 is 32.6. The Bertz CT molecular complexity index is 1450. The molecule has 10 nitrogen and oxygen atoms in total. The lowest BCUT2D eigenvalue weighted by atomic mass is 9.99. The first-order chi connectivity index (χ1) is 20.4. The molecule has 1 saturated heterocycles. The van der Waals surface area contributed by atoms with Crippen LogP contribution in [0.25, 0.3) is 0 Å². The molecule has 0 saturated carbocycles. The Morgan fingerprint density at radius 2 is 1.88 bits per heavy atom. The van der Waals surface area contributed by atoms with Gasteiger partial charge in [-0.1, -0.05) is 6.07 Å². The van der Waals surface area contributed by atoms with Gasteiger partial charge in [-0.25, -0.2) is 9.40 Å². The highest BCUT2D eigenvalue weighted by Gasteiger charge is 2.37. The Morgan fingerprint density at radius 1 is 1.07 bits per heavy atom. The largest absolute Gasteiger partial charge is 0.497 e. The highest BCUT2D eigenvalue weighted by Crippen LogP contribution is 2.39. The van der Waals surface area contributed by atoms with Gasteiger partial charge in [-0.15, -0.1) is 0 Å². The molecule has 1 aromatic heterocycles. The molecule has 222 valence electrons. The van der Waals surface area contributed by atoms with Crippen molar-refractivity contribution in [3.05, 3.63) is 83.4 Å². The second-order valence-corrected chi connectivity index (χ2v) is 10.3. The Balaban J connectivity index is 1.46. The number of amides is 2. The molecule has 2 aliphatic rings. The summed E-state index contributed by atoms with van der Waals surface area (Å²) in [6.07, 6.45) is 2.37. The molecule has 1 atom stereocenters. The number of methoxy groups -OCH3 is 2. The molecular weight excluding hydrogens is 541 g/mol. The van der Waals surface area contributed by atoms with E-state index in [-0.39, 0.29) is 24.6 Å². The number of benzene rings is 2. The van der Waals surface area contributed by atoms with E-state index < -0.39 is 17.8 Å². The van der Waals surface area contributed by atoms with Crippen LogP contribution in [0.2, 0.25) is 0 Å². The molecule has 2 aliphatic heterocycles. The predicted octanol–water partition coefficient (Wildman–Crippen LogP) is 3.33. The number of hydrazone groups is 1. The monoisotopic (exact) mass is 577 g/mol. The van der Waals surface area contributed by atoms with E-state index in [1.54, 1.807) is 32.4 Å². The molecule has 0 radical (unpaired) electrons. The third-order valence-corrected chi connectivity index (χ3v) is 7.68. The zero-order valence-electron chi connectivity index (χ0n) is 24.2. The van der Waals surface area contributed by atoms with Gasteiger partial charge in [-0.2, -0.15) is 5.10 Å². The highest BCUT2D eigenvalue weighted by atomic mass is 19.1. The molecule has 2 amide bonds. The van der Waals surface area contributed by atoms with E-state index in [0.717, 1.165) is 30.1 Å². The molecule has 2 aromatic carbocycles. The Kier molecular flexibility index (Phi) is 9.19. The maximum atomic E-state index is 14.1. The quantitative estimate of drug-likeness (QED) is 0.367. The average Bonchev–Trinajstić information content (AvgIpc) is 3.65. The van der Waals surface area contributed by atoms with Crippen molar-refractivity contribution in [2.24, 2.45) is 12.1 Å². The van der Waals surface area contributed by atoms with Crippen molar-refractivity contribution in [1.29, 1.82) is 0 Å². The minimum atomic E-state index is -0.512. The van der Waals surface area contributed by atoms with Crippen molar-refractivity contribution in [2.45, 2.75) is 12.5 Å². The maximum Gasteiger partial charge on any atom is 0.262 e. The van der Waals surface area contributed by atoms with Crippen molar-refractivity contribution in [2.75, 3.05) is 60.2 Å². The number of carbonyl (C=O) groups excluding carboxylic acids is 2. The third kappa shape index (κ3) is 6.47. The first kappa shape index (κ1) is 29.3. The van der Waals surface area contributed by atoms with Crippen LogP contribution in [0.1, 0.15) is 34.1 Å². The molecule has 1 fully saturated rings. The van der Waals surface area contributed by atoms with Gasteiger partial charge in [0.15, 0.2) is 0 Å². The second-order valence-electron chi connectivity index (χ2n) is 10.3. The van der Waals surface area contributed by atoms with Gasteiger partial charge in [0.2, 0.25) is 0 Å². The topological polar surface area (TPSA) is 88.8 Å². The molecular formula is C31H36FN5O5. The van der Waals surface area contributed by atoms with Gasteiger partial charge in [0.25, 0.3) is 11.8 Å². The lowest BCUT2D eigenvalue weighted by Crippen LogP contribution is -2.46. The highest BCUT2D eigenvalue weighted by molar-refractivity contribution is 6.03. The summed E-state index contributed by atoms with van der Waals surface area (Å²) in [5, 5.41) is 6.23. The van der Waals surface area contributed by atoms with Crippen LogP contribution >= 0.6 is 0 Å². The lowest BCUT2D eigenvalue weighted by Gasteiger charge is -2.31. The molecule has 0 spiro atoms. The number of rotatable bonds is 10. The lowest BCUT2D eigenvalue weighted by molar-refractivity contribution is -0.133. The first-order valence-corrected chi connectivity index (χ1v) is 14.0. The van der Waals surface area contributed by atoms with E-state index in [1.807, 2.05) is 36.0 Å². The van der Waals surface area contributed by atoms with Crippen LogP contribution in [0.5, 0.6) is 11.5 Å². The fourth-order valence-electron chi connectivity index (χ4n) is 5.38. The molecule has 0 N–H and O–H groups in total. The van der Waals surface area contributed by atoms with Gasteiger partial charge < -0.3 is 23.7 Å². The fourth-order valence-corrected chi connectivity index (χ4v) is 5.38. The second kappa shape index (κ2) is 13.2. The maximum absolute atomic E-state index is 14.1. The van der Waals surface area contributed by atoms with Gasteiger partial charge in [0.05, 0.1) is 44.9 Å². The molecule has 0 aliphatic carbocycles. The van der Waals surface area contributed by atoms with E-state index in [1.165, 1.54) is 28.1 Å². The molecule has 0 unspecified atom stereocenters. The molecule has 5 rings (SSSR count). The van der Waals surface area contributed by atoms with E-state index in [2.05, 4.69) is 4.90 Å². The number of carbonyl (C=O) groups is 2. The molecule has 11 heteroatoms. The van der Waals surface area contributed by atoms with Gasteiger partial charge >= 0.3 is 0 Å². The SMILES string of the molecule is COc1ccc(OC)c([C@@H]2CC(c3cccn3C)=NN2C(=O)CN(CCN2CCOCC2)C(=O)c2cccc(F)c2)c1. The van der Waals surface area contributed by atoms with E-state index >= 15 is 0 Å². The standard InChI is InChI=1S/C31H36FN5O5/c1-34-11-5-8-27(34)26-20-28(25-19-24(40-2)9-10-29(25)41-3)37(33-26)30(38)21-36(13-12-35-14-16-42-17-15-35)31(39)22-6-4-7-23(32)18-22/h4-11,18-19,28H,12-17,20-21H2,1-3H3/t28-/m0/s1. The van der Waals surface area contributed by atoms with E-state index in [4.69, 9.17) is 19.3 Å². The number of ether oxygens (including phenoxy) is 3. The summed E-state index contributed by atoms with van der Waals surface area (Å²) in [7, 11) is 5.09. The first-order valence-electron chi connectivity index (χ1n) is 14.0. The normalized spacial score (nSPS) is 17.2. The zero-order chi connectivity index (χ0) is 29.6. The Hall–Kier alpha value is -4.22. The van der Waals surface area contributed by atoms with Crippen molar-refractivity contribution < 1.29 is 28.2 Å². The average molecular weight is 578 g/mol. The number of aryl methyl sites for hydroxylation is 1. The van der Waals surface area contributed by atoms with Crippen LogP contribution in [0.4, 0.5) is 4.39 Å². The number of nitrogens with zero attached hydrogens (tertiary/aromatic N) is 5. The van der Waals surface area contributed by atoms with Crippen LogP contribution in [0.15, 0.2) is 65.9 Å². The smallest absolute Gasteiger partial charge is 0.262 e. The van der Waals surface area contributed by atoms with Crippen LogP contribution in [-0.4, -0.2) is 97.1 Å². The van der Waals surface area contributed by atoms with Gasteiger partial charge in [0.1, 0.15) is 23.9 Å². The number of hydrogen-bond acceptors (Lipinski definition) is 7. The van der Waals surface area contributed by atoms with Gasteiger partial charge in [-0.05, 0) is 48.5 Å². The van der Waals surface area contributed by atoms with Gasteiger partial charge in [0, 0.05) is 57.0 Å². The van der Waals surface area contributed by atoms with E-state index in [9.17, 15) is 14.0 Å². The van der Waals surface area contributed by atoms with Crippen molar-refractivity contribution in [3.63, 3.8) is 0 Å². The molecule has 0 bridgehead atoms. The summed E-state index contributed by atoms with van der Waals surface area (Å²) in [6.45, 7) is 3.33. The minimum absolute atomic E-state index is 0.185. The Labute approximate surface area is 244 Å². The van der Waals surface area contributed by atoms with Crippen molar-refractivity contribution in [1.82, 2.24) is 19.4 Å². The zero-order valence-corrected chi connectivity index (χ0v) is 24.2. The van der Waals surface area contributed by atoms with Crippen LogP contribution < -0.4 is 9.47 Å². The van der Waals surface area contributed by atoms with Crippen molar-refractivity contribution in [3.8, 4) is 11.5 Å². The predicted molar refractivity (Wildman–Crippen MR) is 155 cm³/mol. The summed E-state index contributed by atoms with van der Waals surface area (Å²) >= 11 is 0. The summed E-state index contributed by atoms with van der Waals surface area (Å²) in [4.78, 5) is 31.4. The number of halogens is 1.